The third kappa shape index (κ3) is 13.5. The van der Waals surface area contributed by atoms with E-state index >= 15 is 0 Å². The maximum absolute atomic E-state index is 12.4. The van der Waals surface area contributed by atoms with Gasteiger partial charge in [0.25, 0.3) is 0 Å². The van der Waals surface area contributed by atoms with Gasteiger partial charge in [-0.05, 0) is 43.4 Å². The Labute approximate surface area is 196 Å². The average Bonchev–Trinajstić information content (AvgIpc) is 2.78. The van der Waals surface area contributed by atoms with Crippen molar-refractivity contribution in [2.75, 3.05) is 0 Å². The van der Waals surface area contributed by atoms with Crippen LogP contribution in [0.2, 0.25) is 0 Å². The minimum atomic E-state index is -0.259. The van der Waals surface area contributed by atoms with Crippen molar-refractivity contribution in [2.24, 2.45) is 0 Å². The molecule has 0 aliphatic heterocycles. The topological polar surface area (TPSA) is 52.6 Å². The van der Waals surface area contributed by atoms with Gasteiger partial charge in [0, 0.05) is 12.8 Å². The Bertz CT molecular complexity index is 638. The van der Waals surface area contributed by atoms with Crippen LogP contribution >= 0.6 is 0 Å². The van der Waals surface area contributed by atoms with E-state index in [1.807, 2.05) is 12.1 Å². The number of esters is 2. The van der Waals surface area contributed by atoms with Gasteiger partial charge in [-0.15, -0.1) is 0 Å². The zero-order chi connectivity index (χ0) is 23.4. The smallest absolute Gasteiger partial charge is 0.311 e. The van der Waals surface area contributed by atoms with E-state index < -0.39 is 0 Å². The summed E-state index contributed by atoms with van der Waals surface area (Å²) in [5.74, 6) is 0.234. The maximum atomic E-state index is 12.4. The van der Waals surface area contributed by atoms with Crippen molar-refractivity contribution in [3.63, 3.8) is 0 Å². The van der Waals surface area contributed by atoms with Crippen LogP contribution < -0.4 is 9.47 Å². The summed E-state index contributed by atoms with van der Waals surface area (Å²) in [5.41, 5.74) is 1.12. The van der Waals surface area contributed by atoms with E-state index in [1.54, 1.807) is 6.07 Å². The number of rotatable bonds is 19. The zero-order valence-electron chi connectivity index (χ0n) is 20.9. The standard InChI is InChI=1S/C28H46O4/c1-4-7-10-13-14-15-18-24-21-22-25(31-27(29)19-16-11-8-5-2)26(23-24)32-28(30)20-17-12-9-6-3/h21-23H,4-20H2,1-3H3. The monoisotopic (exact) mass is 446 g/mol. The van der Waals surface area contributed by atoms with Crippen LogP contribution in [-0.4, -0.2) is 11.9 Å². The Morgan fingerprint density at radius 3 is 1.62 bits per heavy atom. The summed E-state index contributed by atoms with van der Waals surface area (Å²) < 4.78 is 11.2. The molecule has 0 amide bonds. The van der Waals surface area contributed by atoms with Gasteiger partial charge in [0.1, 0.15) is 0 Å². The summed E-state index contributed by atoms with van der Waals surface area (Å²) in [6.45, 7) is 6.52. The van der Waals surface area contributed by atoms with E-state index in [0.29, 0.717) is 24.3 Å². The number of hydrogen-bond donors (Lipinski definition) is 0. The first-order valence-corrected chi connectivity index (χ1v) is 13.1. The lowest BCUT2D eigenvalue weighted by Crippen LogP contribution is -2.12. The van der Waals surface area contributed by atoms with Crippen molar-refractivity contribution in [3.8, 4) is 11.5 Å². The van der Waals surface area contributed by atoms with Gasteiger partial charge in [-0.25, -0.2) is 0 Å². The highest BCUT2D eigenvalue weighted by Gasteiger charge is 2.15. The summed E-state index contributed by atoms with van der Waals surface area (Å²) in [7, 11) is 0. The Morgan fingerprint density at radius 1 is 0.594 bits per heavy atom. The molecule has 0 spiro atoms. The number of ether oxygens (including phenoxy) is 2. The third-order valence-corrected chi connectivity index (χ3v) is 5.74. The normalized spacial score (nSPS) is 10.8. The van der Waals surface area contributed by atoms with Gasteiger partial charge in [0.15, 0.2) is 11.5 Å². The summed E-state index contributed by atoms with van der Waals surface area (Å²) in [6, 6.07) is 5.66. The second-order valence-electron chi connectivity index (χ2n) is 8.87. The quantitative estimate of drug-likeness (QED) is 0.122. The number of hydrogen-bond acceptors (Lipinski definition) is 4. The molecule has 32 heavy (non-hydrogen) atoms. The van der Waals surface area contributed by atoms with Crippen LogP contribution in [0.3, 0.4) is 0 Å². The molecule has 182 valence electrons. The summed E-state index contributed by atoms with van der Waals surface area (Å²) >= 11 is 0. The molecule has 0 bridgehead atoms. The lowest BCUT2D eigenvalue weighted by Gasteiger charge is -2.13. The van der Waals surface area contributed by atoms with Gasteiger partial charge in [0.05, 0.1) is 0 Å². The Kier molecular flexibility index (Phi) is 16.5. The molecule has 0 unspecified atom stereocenters. The third-order valence-electron chi connectivity index (χ3n) is 5.74. The SMILES string of the molecule is CCCCCCCCc1ccc(OC(=O)CCCCCC)c(OC(=O)CCCCCC)c1. The number of carbonyl (C=O) groups is 2. The van der Waals surface area contributed by atoms with Crippen LogP contribution in [0.15, 0.2) is 18.2 Å². The molecule has 0 heterocycles. The lowest BCUT2D eigenvalue weighted by atomic mass is 10.0. The molecule has 0 saturated carbocycles. The molecule has 0 aliphatic rings. The fourth-order valence-electron chi connectivity index (χ4n) is 3.72. The maximum Gasteiger partial charge on any atom is 0.311 e. The highest BCUT2D eigenvalue weighted by Crippen LogP contribution is 2.30. The van der Waals surface area contributed by atoms with Crippen LogP contribution in [0.5, 0.6) is 11.5 Å². The predicted octanol–water partition coefficient (Wildman–Crippen LogP) is 8.34. The van der Waals surface area contributed by atoms with Gasteiger partial charge in [0.2, 0.25) is 0 Å². The Balaban J connectivity index is 2.69. The van der Waals surface area contributed by atoms with E-state index in [1.165, 1.54) is 32.1 Å². The van der Waals surface area contributed by atoms with E-state index in [4.69, 9.17) is 9.47 Å². The van der Waals surface area contributed by atoms with Crippen molar-refractivity contribution in [1.82, 2.24) is 0 Å². The molecule has 4 heteroatoms. The van der Waals surface area contributed by atoms with Crippen molar-refractivity contribution in [1.29, 1.82) is 0 Å². The van der Waals surface area contributed by atoms with E-state index in [2.05, 4.69) is 20.8 Å². The Morgan fingerprint density at radius 2 is 1.06 bits per heavy atom. The van der Waals surface area contributed by atoms with Crippen LogP contribution in [0.25, 0.3) is 0 Å². The fourth-order valence-corrected chi connectivity index (χ4v) is 3.72. The second kappa shape index (κ2) is 18.7. The van der Waals surface area contributed by atoms with Gasteiger partial charge in [-0.1, -0.05) is 97.5 Å². The summed E-state index contributed by atoms with van der Waals surface area (Å²) in [4.78, 5) is 24.6. The van der Waals surface area contributed by atoms with E-state index in [9.17, 15) is 9.59 Å². The van der Waals surface area contributed by atoms with Crippen LogP contribution in [0.1, 0.15) is 129 Å². The van der Waals surface area contributed by atoms with Gasteiger partial charge in [-0.3, -0.25) is 9.59 Å². The minimum Gasteiger partial charge on any atom is -0.423 e. The summed E-state index contributed by atoms with van der Waals surface area (Å²) in [6.07, 6.45) is 17.4. The molecule has 0 fully saturated rings. The van der Waals surface area contributed by atoms with Crippen molar-refractivity contribution in [3.05, 3.63) is 23.8 Å². The van der Waals surface area contributed by atoms with Crippen molar-refractivity contribution >= 4 is 11.9 Å². The molecule has 1 rings (SSSR count). The first kappa shape index (κ1) is 28.2. The molecule has 0 radical (unpaired) electrons. The zero-order valence-corrected chi connectivity index (χ0v) is 20.9. The molecule has 4 nitrogen and oxygen atoms in total. The van der Waals surface area contributed by atoms with Gasteiger partial charge >= 0.3 is 11.9 Å². The van der Waals surface area contributed by atoms with Crippen LogP contribution in [0, 0.1) is 0 Å². The number of carbonyl (C=O) groups excluding carboxylic acids is 2. The molecular formula is C28H46O4. The predicted molar refractivity (Wildman–Crippen MR) is 132 cm³/mol. The van der Waals surface area contributed by atoms with Crippen molar-refractivity contribution < 1.29 is 19.1 Å². The highest BCUT2D eigenvalue weighted by molar-refractivity contribution is 5.76. The van der Waals surface area contributed by atoms with E-state index in [-0.39, 0.29) is 11.9 Å². The molecule has 0 atom stereocenters. The van der Waals surface area contributed by atoms with Gasteiger partial charge < -0.3 is 9.47 Å². The minimum absolute atomic E-state index is 0.252. The first-order chi connectivity index (χ1) is 15.6. The number of benzene rings is 1. The number of aryl methyl sites for hydroxylation is 1. The van der Waals surface area contributed by atoms with E-state index in [0.717, 1.165) is 69.8 Å². The molecule has 0 aromatic heterocycles. The lowest BCUT2D eigenvalue weighted by molar-refractivity contribution is -0.137. The van der Waals surface area contributed by atoms with Crippen molar-refractivity contribution in [2.45, 2.75) is 130 Å². The Hall–Kier alpha value is -1.84. The van der Waals surface area contributed by atoms with Crippen LogP contribution in [-0.2, 0) is 16.0 Å². The highest BCUT2D eigenvalue weighted by atomic mass is 16.6. The van der Waals surface area contributed by atoms with Crippen LogP contribution in [0.4, 0.5) is 0 Å². The fraction of sp³-hybridized carbons (Fsp3) is 0.714. The second-order valence-corrected chi connectivity index (χ2v) is 8.87. The molecular weight excluding hydrogens is 400 g/mol. The molecule has 1 aromatic rings. The molecule has 0 saturated heterocycles. The summed E-state index contributed by atoms with van der Waals surface area (Å²) in [5, 5.41) is 0. The molecule has 0 aliphatic carbocycles. The molecule has 0 N–H and O–H groups in total. The average molecular weight is 447 g/mol. The van der Waals surface area contributed by atoms with Gasteiger partial charge in [-0.2, -0.15) is 0 Å². The molecule has 1 aromatic carbocycles. The first-order valence-electron chi connectivity index (χ1n) is 13.1. The number of unbranched alkanes of at least 4 members (excludes halogenated alkanes) is 11. The largest absolute Gasteiger partial charge is 0.423 e.